The third kappa shape index (κ3) is 7.33. The molecule has 0 bridgehead atoms. The first kappa shape index (κ1) is 24.3. The summed E-state index contributed by atoms with van der Waals surface area (Å²) in [7, 11) is 0. The molecule has 1 rings (SSSR count). The van der Waals surface area contributed by atoms with E-state index in [-0.39, 0.29) is 5.92 Å². The zero-order valence-corrected chi connectivity index (χ0v) is 17.0. The first-order valence-corrected chi connectivity index (χ1v) is 9.61. The average Bonchev–Trinajstić information content (AvgIpc) is 3.08. The van der Waals surface area contributed by atoms with Crippen molar-refractivity contribution in [2.45, 2.75) is 70.6 Å². The maximum atomic E-state index is 13.1. The second-order valence-corrected chi connectivity index (χ2v) is 7.74. The summed E-state index contributed by atoms with van der Waals surface area (Å²) in [5.74, 6) is -3.74. The van der Waals surface area contributed by atoms with Crippen LogP contribution in [-0.2, 0) is 24.0 Å². The Morgan fingerprint density at radius 2 is 1.72 bits per heavy atom. The van der Waals surface area contributed by atoms with Crippen LogP contribution in [0.5, 0.6) is 0 Å². The number of nitrogens with one attached hydrogen (secondary N) is 2. The number of carbonyl (C=O) groups is 5. The van der Waals surface area contributed by atoms with Gasteiger partial charge in [-0.1, -0.05) is 13.8 Å². The van der Waals surface area contributed by atoms with E-state index in [4.69, 9.17) is 16.6 Å². The summed E-state index contributed by atoms with van der Waals surface area (Å²) in [6, 6.07) is -4.00. The van der Waals surface area contributed by atoms with Crippen LogP contribution in [0.25, 0.3) is 0 Å². The fourth-order valence-electron chi connectivity index (χ4n) is 3.17. The number of carboxylic acid groups (broad SMARTS) is 1. The lowest BCUT2D eigenvalue weighted by Gasteiger charge is -2.30. The van der Waals surface area contributed by atoms with Gasteiger partial charge in [-0.2, -0.15) is 0 Å². The van der Waals surface area contributed by atoms with Crippen LogP contribution in [0.4, 0.5) is 0 Å². The number of hydrogen-bond acceptors (Lipinski definition) is 6. The number of carboxylic acids is 1. The normalized spacial score (nSPS) is 19.3. The Bertz CT molecular complexity index is 651. The zero-order valence-electron chi connectivity index (χ0n) is 17.0. The molecule has 1 aliphatic rings. The minimum Gasteiger partial charge on any atom is -0.480 e. The minimum absolute atomic E-state index is 0.0965. The van der Waals surface area contributed by atoms with E-state index >= 15 is 0 Å². The third-order valence-corrected chi connectivity index (χ3v) is 4.59. The third-order valence-electron chi connectivity index (χ3n) is 4.59. The Hall–Kier alpha value is -2.69. The monoisotopic (exact) mass is 413 g/mol. The number of nitrogens with two attached hydrogens (primary N) is 2. The highest BCUT2D eigenvalue weighted by atomic mass is 16.4. The van der Waals surface area contributed by atoms with Gasteiger partial charge in [0.05, 0.1) is 12.5 Å². The molecular weight excluding hydrogens is 382 g/mol. The lowest BCUT2D eigenvalue weighted by atomic mass is 10.0. The molecule has 4 unspecified atom stereocenters. The van der Waals surface area contributed by atoms with Crippen LogP contribution < -0.4 is 22.1 Å². The first-order valence-electron chi connectivity index (χ1n) is 9.61. The van der Waals surface area contributed by atoms with Gasteiger partial charge in [0, 0.05) is 6.54 Å². The quantitative estimate of drug-likeness (QED) is 0.282. The fourth-order valence-corrected chi connectivity index (χ4v) is 3.17. The number of amides is 4. The van der Waals surface area contributed by atoms with Gasteiger partial charge in [-0.25, -0.2) is 4.79 Å². The highest BCUT2D eigenvalue weighted by molar-refractivity contribution is 5.95. The summed E-state index contributed by atoms with van der Waals surface area (Å²) >= 11 is 0. The van der Waals surface area contributed by atoms with Crippen molar-refractivity contribution in [3.63, 3.8) is 0 Å². The Labute approximate surface area is 169 Å². The number of carbonyl (C=O) groups excluding carboxylic acids is 4. The number of nitrogens with zero attached hydrogens (tertiary/aromatic N) is 1. The van der Waals surface area contributed by atoms with Gasteiger partial charge in [0.15, 0.2) is 0 Å². The van der Waals surface area contributed by atoms with Crippen molar-refractivity contribution in [1.29, 1.82) is 0 Å². The van der Waals surface area contributed by atoms with Crippen LogP contribution in [0.2, 0.25) is 0 Å². The standard InChI is InChI=1S/C18H31N5O6/c1-9(2)7-11(21-15(25)10(3)19)17(27)23-6-4-5-13(23)16(26)22-12(18(28)29)8-14(20)24/h9-13H,4-8,19H2,1-3H3,(H2,20,24)(H,21,25)(H,22,26)(H,28,29). The Morgan fingerprint density at radius 3 is 2.21 bits per heavy atom. The lowest BCUT2D eigenvalue weighted by Crippen LogP contribution is -2.57. The first-order chi connectivity index (χ1) is 13.4. The van der Waals surface area contributed by atoms with Crippen LogP contribution in [0, 0.1) is 5.92 Å². The molecule has 0 aliphatic carbocycles. The van der Waals surface area contributed by atoms with Crippen molar-refractivity contribution < 1.29 is 29.1 Å². The van der Waals surface area contributed by atoms with Gasteiger partial charge < -0.3 is 32.1 Å². The largest absolute Gasteiger partial charge is 0.480 e. The van der Waals surface area contributed by atoms with E-state index in [2.05, 4.69) is 10.6 Å². The zero-order chi connectivity index (χ0) is 22.3. The molecule has 0 aromatic heterocycles. The molecular formula is C18H31N5O6. The molecule has 11 heteroatoms. The second kappa shape index (κ2) is 10.7. The van der Waals surface area contributed by atoms with Crippen molar-refractivity contribution in [3.05, 3.63) is 0 Å². The second-order valence-electron chi connectivity index (χ2n) is 7.74. The molecule has 0 aromatic rings. The van der Waals surface area contributed by atoms with E-state index in [1.807, 2.05) is 13.8 Å². The molecule has 0 aromatic carbocycles. The number of aliphatic carboxylic acids is 1. The maximum absolute atomic E-state index is 13.1. The summed E-state index contributed by atoms with van der Waals surface area (Å²) < 4.78 is 0. The molecule has 4 amide bonds. The van der Waals surface area contributed by atoms with E-state index in [0.717, 1.165) is 0 Å². The smallest absolute Gasteiger partial charge is 0.326 e. The summed E-state index contributed by atoms with van der Waals surface area (Å²) in [4.78, 5) is 61.3. The topological polar surface area (TPSA) is 185 Å². The van der Waals surface area contributed by atoms with Crippen molar-refractivity contribution in [2.75, 3.05) is 6.54 Å². The molecule has 164 valence electrons. The van der Waals surface area contributed by atoms with Gasteiger partial charge in [-0.3, -0.25) is 19.2 Å². The van der Waals surface area contributed by atoms with E-state index in [9.17, 15) is 24.0 Å². The molecule has 0 spiro atoms. The predicted molar refractivity (Wildman–Crippen MR) is 103 cm³/mol. The van der Waals surface area contributed by atoms with Crippen LogP contribution in [0.1, 0.15) is 46.5 Å². The van der Waals surface area contributed by atoms with Crippen molar-refractivity contribution in [2.24, 2.45) is 17.4 Å². The van der Waals surface area contributed by atoms with E-state index in [0.29, 0.717) is 25.8 Å². The summed E-state index contributed by atoms with van der Waals surface area (Å²) in [6.07, 6.45) is 0.701. The van der Waals surface area contributed by atoms with Crippen LogP contribution in [0.15, 0.2) is 0 Å². The van der Waals surface area contributed by atoms with E-state index in [1.54, 1.807) is 0 Å². The Balaban J connectivity index is 2.94. The van der Waals surface area contributed by atoms with Crippen LogP contribution >= 0.6 is 0 Å². The van der Waals surface area contributed by atoms with Crippen LogP contribution in [-0.4, -0.2) is 70.3 Å². The van der Waals surface area contributed by atoms with E-state index in [1.165, 1.54) is 11.8 Å². The molecule has 1 heterocycles. The number of likely N-dealkylation sites (tertiary alicyclic amines) is 1. The highest BCUT2D eigenvalue weighted by Gasteiger charge is 2.39. The van der Waals surface area contributed by atoms with Gasteiger partial charge in [-0.05, 0) is 32.1 Å². The molecule has 1 fully saturated rings. The number of rotatable bonds is 10. The van der Waals surface area contributed by atoms with Crippen molar-refractivity contribution >= 4 is 29.6 Å². The predicted octanol–water partition coefficient (Wildman–Crippen LogP) is -1.70. The minimum atomic E-state index is -1.47. The van der Waals surface area contributed by atoms with Gasteiger partial charge in [0.1, 0.15) is 18.1 Å². The molecule has 0 radical (unpaired) electrons. The molecule has 7 N–H and O–H groups in total. The molecule has 1 saturated heterocycles. The Morgan fingerprint density at radius 1 is 1.10 bits per heavy atom. The van der Waals surface area contributed by atoms with Crippen LogP contribution in [0.3, 0.4) is 0 Å². The number of hydrogen-bond donors (Lipinski definition) is 5. The molecule has 4 atom stereocenters. The van der Waals surface area contributed by atoms with E-state index < -0.39 is 60.2 Å². The lowest BCUT2D eigenvalue weighted by molar-refractivity contribution is -0.146. The van der Waals surface area contributed by atoms with Gasteiger partial charge in [0.25, 0.3) is 0 Å². The SMILES string of the molecule is CC(C)CC(NC(=O)C(C)N)C(=O)N1CCCC1C(=O)NC(CC(N)=O)C(=O)O. The average molecular weight is 413 g/mol. The number of primary amides is 1. The van der Waals surface area contributed by atoms with Crippen molar-refractivity contribution in [3.8, 4) is 0 Å². The van der Waals surface area contributed by atoms with Gasteiger partial charge in [-0.15, -0.1) is 0 Å². The Kier molecular flexibility index (Phi) is 9.02. The summed E-state index contributed by atoms with van der Waals surface area (Å²) in [5.41, 5.74) is 10.6. The molecule has 0 saturated carbocycles. The van der Waals surface area contributed by atoms with Crippen molar-refractivity contribution in [1.82, 2.24) is 15.5 Å². The highest BCUT2D eigenvalue weighted by Crippen LogP contribution is 2.21. The summed E-state index contributed by atoms with van der Waals surface area (Å²) in [6.45, 7) is 5.60. The molecule has 1 aliphatic heterocycles. The van der Waals surface area contributed by atoms with Gasteiger partial charge in [0.2, 0.25) is 23.6 Å². The molecule has 29 heavy (non-hydrogen) atoms. The molecule has 11 nitrogen and oxygen atoms in total. The fraction of sp³-hybridized carbons (Fsp3) is 0.722. The van der Waals surface area contributed by atoms with Gasteiger partial charge >= 0.3 is 5.97 Å². The summed E-state index contributed by atoms with van der Waals surface area (Å²) in [5, 5.41) is 14.1. The maximum Gasteiger partial charge on any atom is 0.326 e.